The standard InChI is InChI=1S/C20H21BrN4O3/c1-3-24-16-10-6-7-11-17(16)25(20(24)28)13-19(27)23(2)12-18(26)22-15-9-5-4-8-14(15)21/h4-11H,3,12-13H2,1-2H3,(H,22,26). The average Bonchev–Trinajstić information content (AvgIpc) is 2.94. The number of imidazole rings is 1. The van der Waals surface area contributed by atoms with Crippen molar-refractivity contribution in [2.24, 2.45) is 0 Å². The summed E-state index contributed by atoms with van der Waals surface area (Å²) >= 11 is 3.37. The van der Waals surface area contributed by atoms with Gasteiger partial charge < -0.3 is 10.2 Å². The van der Waals surface area contributed by atoms with Crippen LogP contribution in [0.15, 0.2) is 57.8 Å². The lowest BCUT2D eigenvalue weighted by molar-refractivity contribution is -0.133. The number of aromatic nitrogens is 2. The van der Waals surface area contributed by atoms with Gasteiger partial charge in [0.05, 0.1) is 23.3 Å². The minimum Gasteiger partial charge on any atom is -0.335 e. The molecule has 0 bridgehead atoms. The molecule has 3 rings (SSSR count). The van der Waals surface area contributed by atoms with Crippen molar-refractivity contribution in [2.45, 2.75) is 20.0 Å². The van der Waals surface area contributed by atoms with E-state index in [1.807, 2.05) is 49.4 Å². The highest BCUT2D eigenvalue weighted by atomic mass is 79.9. The molecule has 0 radical (unpaired) electrons. The van der Waals surface area contributed by atoms with Gasteiger partial charge in [0.2, 0.25) is 11.8 Å². The van der Waals surface area contributed by atoms with Crippen molar-refractivity contribution in [3.8, 4) is 0 Å². The second-order valence-electron chi connectivity index (χ2n) is 6.38. The van der Waals surface area contributed by atoms with E-state index in [2.05, 4.69) is 21.2 Å². The van der Waals surface area contributed by atoms with Crippen molar-refractivity contribution >= 4 is 44.5 Å². The number of nitrogens with zero attached hydrogens (tertiary/aromatic N) is 3. The van der Waals surface area contributed by atoms with Crippen LogP contribution in [-0.4, -0.2) is 39.4 Å². The predicted octanol–water partition coefficient (Wildman–Crippen LogP) is 2.68. The van der Waals surface area contributed by atoms with Crippen LogP contribution in [0.4, 0.5) is 5.69 Å². The molecule has 0 aliphatic rings. The number of benzene rings is 2. The second-order valence-corrected chi connectivity index (χ2v) is 7.23. The summed E-state index contributed by atoms with van der Waals surface area (Å²) in [4.78, 5) is 38.9. The summed E-state index contributed by atoms with van der Waals surface area (Å²) in [5.41, 5.74) is 1.89. The molecule has 0 fully saturated rings. The number of carbonyl (C=O) groups excluding carboxylic acids is 2. The lowest BCUT2D eigenvalue weighted by Crippen LogP contribution is -2.38. The van der Waals surface area contributed by atoms with Gasteiger partial charge in [0.25, 0.3) is 0 Å². The molecular formula is C20H21BrN4O3. The van der Waals surface area contributed by atoms with E-state index in [0.717, 1.165) is 9.99 Å². The smallest absolute Gasteiger partial charge is 0.329 e. The Labute approximate surface area is 170 Å². The van der Waals surface area contributed by atoms with Gasteiger partial charge in [0, 0.05) is 18.1 Å². The number of fused-ring (bicyclic) bond motifs is 1. The van der Waals surface area contributed by atoms with Gasteiger partial charge in [0.15, 0.2) is 0 Å². The van der Waals surface area contributed by atoms with Crippen LogP contribution in [0.1, 0.15) is 6.92 Å². The van der Waals surface area contributed by atoms with Gasteiger partial charge in [-0.3, -0.25) is 18.7 Å². The van der Waals surface area contributed by atoms with Crippen LogP contribution in [0, 0.1) is 0 Å². The van der Waals surface area contributed by atoms with Crippen molar-refractivity contribution in [3.63, 3.8) is 0 Å². The zero-order chi connectivity index (χ0) is 20.3. The molecule has 28 heavy (non-hydrogen) atoms. The van der Waals surface area contributed by atoms with Gasteiger partial charge in [-0.15, -0.1) is 0 Å². The van der Waals surface area contributed by atoms with E-state index in [9.17, 15) is 14.4 Å². The summed E-state index contributed by atoms with van der Waals surface area (Å²) in [7, 11) is 1.55. The number of halogens is 1. The molecule has 146 valence electrons. The molecular weight excluding hydrogens is 424 g/mol. The molecule has 0 unspecified atom stereocenters. The summed E-state index contributed by atoms with van der Waals surface area (Å²) < 4.78 is 3.84. The van der Waals surface area contributed by atoms with Crippen LogP contribution >= 0.6 is 15.9 Å². The number of hydrogen-bond acceptors (Lipinski definition) is 3. The van der Waals surface area contributed by atoms with Crippen LogP contribution in [0.5, 0.6) is 0 Å². The number of anilines is 1. The van der Waals surface area contributed by atoms with Gasteiger partial charge in [-0.1, -0.05) is 24.3 Å². The minimum atomic E-state index is -0.316. The molecule has 0 atom stereocenters. The Morgan fingerprint density at radius 1 is 1.04 bits per heavy atom. The molecule has 7 nitrogen and oxygen atoms in total. The van der Waals surface area contributed by atoms with Crippen LogP contribution in [0.3, 0.4) is 0 Å². The highest BCUT2D eigenvalue weighted by molar-refractivity contribution is 9.10. The lowest BCUT2D eigenvalue weighted by Gasteiger charge is -2.17. The molecule has 0 aliphatic carbocycles. The third-order valence-corrected chi connectivity index (χ3v) is 5.18. The van der Waals surface area contributed by atoms with Crippen molar-refractivity contribution in [1.82, 2.24) is 14.0 Å². The molecule has 0 saturated carbocycles. The summed E-state index contributed by atoms with van der Waals surface area (Å²) in [6.07, 6.45) is 0. The van der Waals surface area contributed by atoms with Crippen molar-refractivity contribution < 1.29 is 9.59 Å². The van der Waals surface area contributed by atoms with Crippen LogP contribution in [0.25, 0.3) is 11.0 Å². The molecule has 2 aromatic carbocycles. The summed E-state index contributed by atoms with van der Waals surface area (Å²) in [6.45, 7) is 2.18. The fourth-order valence-electron chi connectivity index (χ4n) is 3.04. The van der Waals surface area contributed by atoms with Crippen molar-refractivity contribution in [1.29, 1.82) is 0 Å². The first-order chi connectivity index (χ1) is 13.4. The van der Waals surface area contributed by atoms with Crippen LogP contribution < -0.4 is 11.0 Å². The molecule has 0 saturated heterocycles. The maximum Gasteiger partial charge on any atom is 0.329 e. The quantitative estimate of drug-likeness (QED) is 0.634. The topological polar surface area (TPSA) is 76.3 Å². The Bertz CT molecular complexity index is 1090. The number of likely N-dealkylation sites (N-methyl/N-ethyl adjacent to an activating group) is 1. The molecule has 3 aromatic rings. The molecule has 8 heteroatoms. The second kappa shape index (κ2) is 8.43. The number of rotatable bonds is 6. The van der Waals surface area contributed by atoms with E-state index >= 15 is 0 Å². The fraction of sp³-hybridized carbons (Fsp3) is 0.250. The molecule has 0 aliphatic heterocycles. The first-order valence-electron chi connectivity index (χ1n) is 8.88. The first-order valence-corrected chi connectivity index (χ1v) is 9.68. The van der Waals surface area contributed by atoms with Gasteiger partial charge >= 0.3 is 5.69 Å². The van der Waals surface area contributed by atoms with Gasteiger partial charge in [-0.2, -0.15) is 0 Å². The van der Waals surface area contributed by atoms with E-state index in [4.69, 9.17) is 0 Å². The van der Waals surface area contributed by atoms with Gasteiger partial charge in [-0.25, -0.2) is 4.79 Å². The van der Waals surface area contributed by atoms with Crippen LogP contribution in [0.2, 0.25) is 0 Å². The number of para-hydroxylation sites is 3. The Morgan fingerprint density at radius 3 is 2.29 bits per heavy atom. The summed E-state index contributed by atoms with van der Waals surface area (Å²) in [5, 5.41) is 2.76. The van der Waals surface area contributed by atoms with Crippen molar-refractivity contribution in [3.05, 3.63) is 63.5 Å². The number of aryl methyl sites for hydroxylation is 1. The summed E-state index contributed by atoms with van der Waals surface area (Å²) in [6, 6.07) is 14.6. The predicted molar refractivity (Wildman–Crippen MR) is 112 cm³/mol. The average molecular weight is 445 g/mol. The molecule has 1 N–H and O–H groups in total. The Morgan fingerprint density at radius 2 is 1.64 bits per heavy atom. The maximum absolute atomic E-state index is 12.6. The van der Waals surface area contributed by atoms with Crippen molar-refractivity contribution in [2.75, 3.05) is 18.9 Å². The molecule has 1 aromatic heterocycles. The lowest BCUT2D eigenvalue weighted by atomic mass is 10.3. The normalized spacial score (nSPS) is 10.8. The fourth-order valence-corrected chi connectivity index (χ4v) is 3.43. The maximum atomic E-state index is 12.6. The third kappa shape index (κ3) is 4.01. The summed E-state index contributed by atoms with van der Waals surface area (Å²) in [5.74, 6) is -0.630. The largest absolute Gasteiger partial charge is 0.335 e. The monoisotopic (exact) mass is 444 g/mol. The Hall–Kier alpha value is -2.87. The highest BCUT2D eigenvalue weighted by Crippen LogP contribution is 2.21. The third-order valence-electron chi connectivity index (χ3n) is 4.49. The number of nitrogens with one attached hydrogen (secondary N) is 1. The minimum absolute atomic E-state index is 0.110. The van der Waals surface area contributed by atoms with E-state index in [1.54, 1.807) is 17.7 Å². The zero-order valence-corrected chi connectivity index (χ0v) is 17.3. The highest BCUT2D eigenvalue weighted by Gasteiger charge is 2.18. The van der Waals surface area contributed by atoms with Gasteiger partial charge in [0.1, 0.15) is 6.54 Å². The van der Waals surface area contributed by atoms with E-state index in [1.165, 1.54) is 9.47 Å². The molecule has 1 heterocycles. The molecule has 2 amide bonds. The first kappa shape index (κ1) is 19.9. The molecule has 0 spiro atoms. The Balaban J connectivity index is 1.72. The van der Waals surface area contributed by atoms with Gasteiger partial charge in [-0.05, 0) is 47.1 Å². The Kier molecular flexibility index (Phi) is 5.99. The zero-order valence-electron chi connectivity index (χ0n) is 15.7. The van der Waals surface area contributed by atoms with E-state index < -0.39 is 0 Å². The number of carbonyl (C=O) groups is 2. The van der Waals surface area contributed by atoms with Crippen LogP contribution in [-0.2, 0) is 22.7 Å². The van der Waals surface area contributed by atoms with E-state index in [-0.39, 0.29) is 30.6 Å². The SMILES string of the molecule is CCn1c(=O)n(CC(=O)N(C)CC(=O)Nc2ccccc2Br)c2ccccc21. The van der Waals surface area contributed by atoms with E-state index in [0.29, 0.717) is 17.7 Å². The number of amides is 2. The number of hydrogen-bond donors (Lipinski definition) is 1.